The molecule has 0 radical (unpaired) electrons. The van der Waals surface area contributed by atoms with E-state index in [1.165, 1.54) is 32.1 Å². The average molecular weight is 316 g/mol. The monoisotopic (exact) mass is 316 g/mol. The molecule has 0 aliphatic rings. The van der Waals surface area contributed by atoms with Crippen LogP contribution in [0, 0.1) is 0 Å². The van der Waals surface area contributed by atoms with Crippen molar-refractivity contribution in [3.63, 3.8) is 0 Å². The number of hydrogen-bond donors (Lipinski definition) is 0. The Morgan fingerprint density at radius 2 is 1.54 bits per heavy atom. The molecular formula is C10H22IOP. The van der Waals surface area contributed by atoms with Gasteiger partial charge in [0.15, 0.2) is 0 Å². The molecule has 13 heavy (non-hydrogen) atoms. The fourth-order valence-electron chi connectivity index (χ4n) is 1.29. The van der Waals surface area contributed by atoms with Crippen LogP contribution in [-0.4, -0.2) is 12.3 Å². The van der Waals surface area contributed by atoms with Gasteiger partial charge in [0.05, 0.1) is 0 Å². The molecular weight excluding hydrogens is 294 g/mol. The first-order valence-corrected chi connectivity index (χ1v) is 10.3. The minimum absolute atomic E-state index is 0.864. The van der Waals surface area contributed by atoms with Crippen LogP contribution in [0.25, 0.3) is 0 Å². The average Bonchev–Trinajstić information content (AvgIpc) is 2.11. The summed E-state index contributed by atoms with van der Waals surface area (Å²) in [6.45, 7) is 4.26. The van der Waals surface area contributed by atoms with Gasteiger partial charge in [0.2, 0.25) is 0 Å². The van der Waals surface area contributed by atoms with E-state index in [1.54, 1.807) is 0 Å². The summed E-state index contributed by atoms with van der Waals surface area (Å²) >= 11 is 2.16. The Hall–Kier alpha value is 0.960. The maximum absolute atomic E-state index is 11.7. The highest BCUT2D eigenvalue weighted by Crippen LogP contribution is 2.54. The first-order valence-electron chi connectivity index (χ1n) is 5.40. The van der Waals surface area contributed by atoms with Gasteiger partial charge in [-0.2, -0.15) is 0 Å². The number of rotatable bonds is 8. The predicted octanol–water partition coefficient (Wildman–Crippen LogP) is 5.08. The summed E-state index contributed by atoms with van der Waals surface area (Å²) in [7, 11) is 0. The van der Waals surface area contributed by atoms with Crippen molar-refractivity contribution in [1.82, 2.24) is 0 Å². The van der Waals surface area contributed by atoms with Gasteiger partial charge < -0.3 is 4.57 Å². The summed E-state index contributed by atoms with van der Waals surface area (Å²) in [4.78, 5) is -1.76. The standard InChI is InChI=1S/C10H22IOP/c1-3-5-6-7-8-9-10-13(11,12)4-2/h3-10H2,1-2H3. The molecule has 80 valence electrons. The molecule has 0 bridgehead atoms. The molecule has 0 fully saturated rings. The summed E-state index contributed by atoms with van der Waals surface area (Å²) in [5, 5.41) is 0. The molecule has 1 unspecified atom stereocenters. The molecule has 0 heterocycles. The van der Waals surface area contributed by atoms with E-state index >= 15 is 0 Å². The van der Waals surface area contributed by atoms with Crippen molar-refractivity contribution in [2.24, 2.45) is 0 Å². The normalized spacial score (nSPS) is 15.6. The molecule has 0 saturated heterocycles. The highest BCUT2D eigenvalue weighted by Gasteiger charge is 2.12. The first kappa shape index (κ1) is 14.0. The fourth-order valence-corrected chi connectivity index (χ4v) is 3.32. The largest absolute Gasteiger partial charge is 0.313 e. The lowest BCUT2D eigenvalue weighted by Gasteiger charge is -2.07. The van der Waals surface area contributed by atoms with E-state index in [4.69, 9.17) is 0 Å². The zero-order valence-corrected chi connectivity index (χ0v) is 11.9. The lowest BCUT2D eigenvalue weighted by molar-refractivity contribution is 0.580. The van der Waals surface area contributed by atoms with Gasteiger partial charge in [0.25, 0.3) is 0 Å². The van der Waals surface area contributed by atoms with E-state index in [9.17, 15) is 4.57 Å². The molecule has 1 nitrogen and oxygen atoms in total. The smallest absolute Gasteiger partial charge is 0.143 e. The lowest BCUT2D eigenvalue weighted by atomic mass is 10.1. The minimum atomic E-state index is -1.76. The lowest BCUT2D eigenvalue weighted by Crippen LogP contribution is -1.87. The quantitative estimate of drug-likeness (QED) is 0.347. The number of unbranched alkanes of at least 4 members (excludes halogenated alkanes) is 5. The zero-order chi connectivity index (χ0) is 10.2. The van der Waals surface area contributed by atoms with Crippen LogP contribution in [0.15, 0.2) is 0 Å². The van der Waals surface area contributed by atoms with Gasteiger partial charge >= 0.3 is 0 Å². The van der Waals surface area contributed by atoms with Crippen LogP contribution in [0.1, 0.15) is 52.4 Å². The first-order chi connectivity index (χ1) is 6.12. The van der Waals surface area contributed by atoms with E-state index in [0.29, 0.717) is 0 Å². The summed E-state index contributed by atoms with van der Waals surface area (Å²) in [5.41, 5.74) is 0. The van der Waals surface area contributed by atoms with Crippen LogP contribution in [0.3, 0.4) is 0 Å². The van der Waals surface area contributed by atoms with Crippen molar-refractivity contribution in [2.75, 3.05) is 12.3 Å². The summed E-state index contributed by atoms with van der Waals surface area (Å²) in [6.07, 6.45) is 9.60. The maximum Gasteiger partial charge on any atom is 0.143 e. The Morgan fingerprint density at radius 1 is 1.00 bits per heavy atom. The Kier molecular flexibility index (Phi) is 8.90. The van der Waals surface area contributed by atoms with E-state index in [-0.39, 0.29) is 0 Å². The molecule has 0 amide bonds. The third-order valence-electron chi connectivity index (χ3n) is 2.32. The van der Waals surface area contributed by atoms with Gasteiger partial charge in [-0.15, -0.1) is 0 Å². The topological polar surface area (TPSA) is 17.1 Å². The zero-order valence-electron chi connectivity index (χ0n) is 8.89. The second-order valence-corrected chi connectivity index (χ2v) is 11.5. The molecule has 0 spiro atoms. The molecule has 0 aliphatic heterocycles. The fraction of sp³-hybridized carbons (Fsp3) is 1.00. The Bertz CT molecular complexity index is 159. The van der Waals surface area contributed by atoms with Crippen molar-refractivity contribution in [1.29, 1.82) is 0 Å². The second kappa shape index (κ2) is 8.28. The third-order valence-corrected chi connectivity index (χ3v) is 7.74. The van der Waals surface area contributed by atoms with Gasteiger partial charge in [0.1, 0.15) is 4.78 Å². The molecule has 0 N–H and O–H groups in total. The van der Waals surface area contributed by atoms with Crippen LogP contribution in [0.4, 0.5) is 0 Å². The Morgan fingerprint density at radius 3 is 2.08 bits per heavy atom. The number of halogens is 1. The summed E-state index contributed by atoms with van der Waals surface area (Å²) in [6, 6.07) is 0. The molecule has 3 heteroatoms. The highest BCUT2D eigenvalue weighted by molar-refractivity contribution is 14.2. The Labute approximate surface area is 95.9 Å². The molecule has 0 aromatic carbocycles. The van der Waals surface area contributed by atoms with Crippen LogP contribution < -0.4 is 0 Å². The van der Waals surface area contributed by atoms with Gasteiger partial charge in [-0.3, -0.25) is 0 Å². The SMILES string of the molecule is CCCCCCCCP(=O)(I)CC. The van der Waals surface area contributed by atoms with Gasteiger partial charge in [-0.25, -0.2) is 0 Å². The molecule has 0 aliphatic carbocycles. The molecule has 0 aromatic rings. The van der Waals surface area contributed by atoms with Gasteiger partial charge in [-0.1, -0.05) is 46.0 Å². The number of hydrogen-bond acceptors (Lipinski definition) is 1. The van der Waals surface area contributed by atoms with E-state index in [0.717, 1.165) is 18.7 Å². The third kappa shape index (κ3) is 9.27. The van der Waals surface area contributed by atoms with Crippen LogP contribution in [0.5, 0.6) is 0 Å². The van der Waals surface area contributed by atoms with Crippen molar-refractivity contribution in [3.8, 4) is 0 Å². The summed E-state index contributed by atoms with van der Waals surface area (Å²) in [5.74, 6) is 0. The summed E-state index contributed by atoms with van der Waals surface area (Å²) < 4.78 is 11.7. The van der Waals surface area contributed by atoms with Gasteiger partial charge in [0, 0.05) is 12.3 Å². The molecule has 0 saturated carbocycles. The van der Waals surface area contributed by atoms with Crippen molar-refractivity contribution in [3.05, 3.63) is 0 Å². The molecule has 0 rings (SSSR count). The van der Waals surface area contributed by atoms with Crippen LogP contribution in [-0.2, 0) is 4.57 Å². The van der Waals surface area contributed by atoms with E-state index in [2.05, 4.69) is 29.0 Å². The van der Waals surface area contributed by atoms with Gasteiger partial charge in [-0.05, 0) is 28.5 Å². The van der Waals surface area contributed by atoms with Crippen molar-refractivity contribution in [2.45, 2.75) is 52.4 Å². The predicted molar refractivity (Wildman–Crippen MR) is 70.4 cm³/mol. The van der Waals surface area contributed by atoms with E-state index in [1.807, 2.05) is 6.92 Å². The van der Waals surface area contributed by atoms with Crippen molar-refractivity contribution >= 4 is 26.8 Å². The molecule has 0 aromatic heterocycles. The van der Waals surface area contributed by atoms with Crippen LogP contribution >= 0.6 is 26.8 Å². The highest BCUT2D eigenvalue weighted by atomic mass is 127. The minimum Gasteiger partial charge on any atom is -0.313 e. The molecule has 1 atom stereocenters. The maximum atomic E-state index is 11.7. The second-order valence-electron chi connectivity index (χ2n) is 3.60. The van der Waals surface area contributed by atoms with Crippen molar-refractivity contribution < 1.29 is 4.57 Å². The van der Waals surface area contributed by atoms with E-state index < -0.39 is 4.78 Å². The Balaban J connectivity index is 3.21. The van der Waals surface area contributed by atoms with Crippen LogP contribution in [0.2, 0.25) is 0 Å².